The highest BCUT2D eigenvalue weighted by molar-refractivity contribution is 5.36. The number of nitrogens with zero attached hydrogens (tertiary/aromatic N) is 3. The van der Waals surface area contributed by atoms with Gasteiger partial charge < -0.3 is 11.1 Å². The summed E-state index contributed by atoms with van der Waals surface area (Å²) in [5, 5.41) is 10.5. The summed E-state index contributed by atoms with van der Waals surface area (Å²) in [6.07, 6.45) is 1.48. The van der Waals surface area contributed by atoms with Crippen LogP contribution in [0.5, 0.6) is 0 Å². The Bertz CT molecular complexity index is 499. The summed E-state index contributed by atoms with van der Waals surface area (Å²) in [6, 6.07) is 6.27. The Morgan fingerprint density at radius 3 is 2.82 bits per heavy atom. The summed E-state index contributed by atoms with van der Waals surface area (Å²) in [5.41, 5.74) is 6.15. The van der Waals surface area contributed by atoms with Gasteiger partial charge in [-0.05, 0) is 24.6 Å². The maximum absolute atomic E-state index is 13.0. The molecule has 0 aliphatic heterocycles. The van der Waals surface area contributed by atoms with E-state index in [1.807, 2.05) is 13.0 Å². The number of rotatable bonds is 3. The predicted molar refractivity (Wildman–Crippen MR) is 62.7 cm³/mol. The first kappa shape index (κ1) is 11.3. The van der Waals surface area contributed by atoms with Gasteiger partial charge in [-0.25, -0.2) is 9.37 Å². The van der Waals surface area contributed by atoms with Crippen LogP contribution in [0, 0.1) is 5.82 Å². The third-order valence-electron chi connectivity index (χ3n) is 2.29. The van der Waals surface area contributed by atoms with E-state index in [4.69, 9.17) is 5.73 Å². The first-order valence-electron chi connectivity index (χ1n) is 5.12. The van der Waals surface area contributed by atoms with Crippen LogP contribution >= 0.6 is 0 Å². The lowest BCUT2D eigenvalue weighted by molar-refractivity contribution is 0.623. The normalized spacial score (nSPS) is 12.1. The maximum atomic E-state index is 13.0. The molecule has 0 fully saturated rings. The molecule has 1 heterocycles. The van der Waals surface area contributed by atoms with Gasteiger partial charge in [-0.2, -0.15) is 0 Å². The minimum absolute atomic E-state index is 0.0922. The lowest BCUT2D eigenvalue weighted by Gasteiger charge is -2.14. The SMILES string of the molecule is CC(Nc1cnc(N)nn1)c1cccc(F)c1. The highest BCUT2D eigenvalue weighted by Crippen LogP contribution is 2.17. The Morgan fingerprint density at radius 1 is 1.35 bits per heavy atom. The molecule has 17 heavy (non-hydrogen) atoms. The molecule has 0 saturated carbocycles. The molecule has 0 bridgehead atoms. The molecule has 0 spiro atoms. The Labute approximate surface area is 97.9 Å². The van der Waals surface area contributed by atoms with Gasteiger partial charge in [0.15, 0.2) is 5.82 Å². The topological polar surface area (TPSA) is 76.7 Å². The average molecular weight is 233 g/mol. The molecule has 0 amide bonds. The highest BCUT2D eigenvalue weighted by atomic mass is 19.1. The molecule has 1 aromatic carbocycles. The van der Waals surface area contributed by atoms with E-state index in [0.29, 0.717) is 5.82 Å². The third kappa shape index (κ3) is 2.87. The molecule has 1 unspecified atom stereocenters. The fourth-order valence-electron chi connectivity index (χ4n) is 1.43. The van der Waals surface area contributed by atoms with Gasteiger partial charge >= 0.3 is 0 Å². The second-order valence-corrected chi connectivity index (χ2v) is 3.62. The van der Waals surface area contributed by atoms with E-state index < -0.39 is 0 Å². The standard InChI is InChI=1S/C11H12FN5/c1-7(8-3-2-4-9(12)5-8)15-10-6-14-11(13)17-16-10/h2-7H,1H3,(H,15,16)(H2,13,14,17). The number of nitrogens with two attached hydrogens (primary N) is 1. The Hall–Kier alpha value is -2.24. The minimum atomic E-state index is -0.266. The summed E-state index contributed by atoms with van der Waals surface area (Å²) in [6.45, 7) is 1.90. The Kier molecular flexibility index (Phi) is 3.13. The zero-order valence-electron chi connectivity index (χ0n) is 9.26. The number of benzene rings is 1. The number of halogens is 1. The van der Waals surface area contributed by atoms with Crippen LogP contribution in [0.2, 0.25) is 0 Å². The van der Waals surface area contributed by atoms with Crippen molar-refractivity contribution in [1.82, 2.24) is 15.2 Å². The summed E-state index contributed by atoms with van der Waals surface area (Å²) >= 11 is 0. The number of hydrogen-bond donors (Lipinski definition) is 2. The zero-order valence-corrected chi connectivity index (χ0v) is 9.26. The molecule has 2 aromatic rings. The molecular weight excluding hydrogens is 221 g/mol. The van der Waals surface area contributed by atoms with Crippen LogP contribution in [0.3, 0.4) is 0 Å². The molecule has 2 rings (SSSR count). The van der Waals surface area contributed by atoms with E-state index in [0.717, 1.165) is 5.56 Å². The molecule has 0 aliphatic rings. The van der Waals surface area contributed by atoms with Crippen LogP contribution in [0.25, 0.3) is 0 Å². The lowest BCUT2D eigenvalue weighted by Crippen LogP contribution is -2.10. The monoisotopic (exact) mass is 233 g/mol. The molecular formula is C11H12FN5. The second kappa shape index (κ2) is 4.73. The van der Waals surface area contributed by atoms with Crippen molar-refractivity contribution in [1.29, 1.82) is 0 Å². The summed E-state index contributed by atoms with van der Waals surface area (Å²) in [4.78, 5) is 3.81. The van der Waals surface area contributed by atoms with E-state index in [1.165, 1.54) is 18.3 Å². The smallest absolute Gasteiger partial charge is 0.240 e. The van der Waals surface area contributed by atoms with Gasteiger partial charge in [0.1, 0.15) is 5.82 Å². The van der Waals surface area contributed by atoms with Crippen molar-refractivity contribution in [2.24, 2.45) is 0 Å². The molecule has 0 radical (unpaired) electrons. The number of nitrogens with one attached hydrogen (secondary N) is 1. The largest absolute Gasteiger partial charge is 0.366 e. The molecule has 3 N–H and O–H groups in total. The van der Waals surface area contributed by atoms with Gasteiger partial charge in [0.25, 0.3) is 0 Å². The van der Waals surface area contributed by atoms with E-state index in [9.17, 15) is 4.39 Å². The summed E-state index contributed by atoms with van der Waals surface area (Å²) in [5.74, 6) is 0.350. The summed E-state index contributed by atoms with van der Waals surface area (Å²) < 4.78 is 13.0. The molecule has 0 saturated heterocycles. The maximum Gasteiger partial charge on any atom is 0.240 e. The van der Waals surface area contributed by atoms with Crippen molar-refractivity contribution < 1.29 is 4.39 Å². The van der Waals surface area contributed by atoms with E-state index >= 15 is 0 Å². The predicted octanol–water partition coefficient (Wildman–Crippen LogP) is 1.77. The zero-order chi connectivity index (χ0) is 12.3. The lowest BCUT2D eigenvalue weighted by atomic mass is 10.1. The van der Waals surface area contributed by atoms with Crippen molar-refractivity contribution in [3.05, 3.63) is 41.8 Å². The average Bonchev–Trinajstić information content (AvgIpc) is 2.32. The molecule has 1 aromatic heterocycles. The third-order valence-corrected chi connectivity index (χ3v) is 2.29. The van der Waals surface area contributed by atoms with E-state index in [-0.39, 0.29) is 17.8 Å². The first-order valence-corrected chi connectivity index (χ1v) is 5.12. The van der Waals surface area contributed by atoms with Gasteiger partial charge in [-0.15, -0.1) is 10.2 Å². The molecule has 5 nitrogen and oxygen atoms in total. The fraction of sp³-hybridized carbons (Fsp3) is 0.182. The fourth-order valence-corrected chi connectivity index (χ4v) is 1.43. The van der Waals surface area contributed by atoms with Crippen LogP contribution in [-0.2, 0) is 0 Å². The molecule has 88 valence electrons. The quantitative estimate of drug-likeness (QED) is 0.844. The van der Waals surface area contributed by atoms with Crippen molar-refractivity contribution >= 4 is 11.8 Å². The second-order valence-electron chi connectivity index (χ2n) is 3.62. The number of aromatic nitrogens is 3. The van der Waals surface area contributed by atoms with Crippen molar-refractivity contribution in [3.8, 4) is 0 Å². The van der Waals surface area contributed by atoms with E-state index in [1.54, 1.807) is 6.07 Å². The highest BCUT2D eigenvalue weighted by Gasteiger charge is 2.07. The van der Waals surface area contributed by atoms with Gasteiger partial charge in [-0.3, -0.25) is 0 Å². The number of hydrogen-bond acceptors (Lipinski definition) is 5. The van der Waals surface area contributed by atoms with Crippen molar-refractivity contribution in [2.45, 2.75) is 13.0 Å². The first-order chi connectivity index (χ1) is 8.15. The Balaban J connectivity index is 2.11. The minimum Gasteiger partial charge on any atom is -0.366 e. The summed E-state index contributed by atoms with van der Waals surface area (Å²) in [7, 11) is 0. The van der Waals surface area contributed by atoms with Crippen LogP contribution < -0.4 is 11.1 Å². The number of nitrogen functional groups attached to an aromatic ring is 1. The van der Waals surface area contributed by atoms with E-state index in [2.05, 4.69) is 20.5 Å². The van der Waals surface area contributed by atoms with Crippen LogP contribution in [0.1, 0.15) is 18.5 Å². The van der Waals surface area contributed by atoms with Crippen molar-refractivity contribution in [3.63, 3.8) is 0 Å². The number of anilines is 2. The van der Waals surface area contributed by atoms with Gasteiger partial charge in [-0.1, -0.05) is 12.1 Å². The van der Waals surface area contributed by atoms with Crippen molar-refractivity contribution in [2.75, 3.05) is 11.1 Å². The van der Waals surface area contributed by atoms with Crippen LogP contribution in [-0.4, -0.2) is 15.2 Å². The molecule has 0 aliphatic carbocycles. The van der Waals surface area contributed by atoms with Crippen LogP contribution in [0.4, 0.5) is 16.2 Å². The Morgan fingerprint density at radius 2 is 2.18 bits per heavy atom. The van der Waals surface area contributed by atoms with Gasteiger partial charge in [0.05, 0.1) is 12.2 Å². The van der Waals surface area contributed by atoms with Gasteiger partial charge in [0, 0.05) is 0 Å². The molecule has 6 heteroatoms. The van der Waals surface area contributed by atoms with Gasteiger partial charge in [0.2, 0.25) is 5.95 Å². The van der Waals surface area contributed by atoms with Crippen LogP contribution in [0.15, 0.2) is 30.5 Å². The molecule has 1 atom stereocenters.